The van der Waals surface area contributed by atoms with E-state index >= 15 is 0 Å². The van der Waals surface area contributed by atoms with Crippen LogP contribution in [0.5, 0.6) is 0 Å². The lowest BCUT2D eigenvalue weighted by Gasteiger charge is -2.14. The van der Waals surface area contributed by atoms with Crippen molar-refractivity contribution >= 4 is 17.6 Å². The Morgan fingerprint density at radius 2 is 1.83 bits per heavy atom. The van der Waals surface area contributed by atoms with E-state index < -0.39 is 0 Å². The van der Waals surface area contributed by atoms with Gasteiger partial charge < -0.3 is 4.52 Å². The first-order valence-electron chi connectivity index (χ1n) is 6.16. The van der Waals surface area contributed by atoms with Gasteiger partial charge in [-0.05, 0) is 25.2 Å². The smallest absolute Gasteiger partial charge is 0.239 e. The van der Waals surface area contributed by atoms with E-state index in [1.54, 1.807) is 13.0 Å². The van der Waals surface area contributed by atoms with Crippen molar-refractivity contribution in [2.75, 3.05) is 4.90 Å². The van der Waals surface area contributed by atoms with Gasteiger partial charge >= 0.3 is 0 Å². The number of allylic oxidation sites excluding steroid dienone is 2. The van der Waals surface area contributed by atoms with Gasteiger partial charge in [0, 0.05) is 6.07 Å². The summed E-state index contributed by atoms with van der Waals surface area (Å²) in [7, 11) is 0. The van der Waals surface area contributed by atoms with E-state index in [4.69, 9.17) is 4.52 Å². The Kier molecular flexibility index (Phi) is 1.73. The summed E-state index contributed by atoms with van der Waals surface area (Å²) in [5.41, 5.74) is 0. The summed E-state index contributed by atoms with van der Waals surface area (Å²) in [6, 6.07) is 1.63. The highest BCUT2D eigenvalue weighted by Gasteiger charge is 2.60. The van der Waals surface area contributed by atoms with Gasteiger partial charge in [-0.2, -0.15) is 0 Å². The van der Waals surface area contributed by atoms with Gasteiger partial charge in [-0.3, -0.25) is 9.59 Å². The van der Waals surface area contributed by atoms with Crippen LogP contribution in [-0.2, 0) is 9.59 Å². The number of aryl methyl sites for hydroxylation is 1. The van der Waals surface area contributed by atoms with E-state index in [-0.39, 0.29) is 35.5 Å². The van der Waals surface area contributed by atoms with Gasteiger partial charge in [0.1, 0.15) is 5.76 Å². The molecule has 1 aromatic rings. The second-order valence-corrected chi connectivity index (χ2v) is 5.31. The maximum absolute atomic E-state index is 12.4. The molecule has 1 aromatic heterocycles. The van der Waals surface area contributed by atoms with Gasteiger partial charge in [-0.25, -0.2) is 4.90 Å². The first-order valence-corrected chi connectivity index (χ1v) is 6.16. The van der Waals surface area contributed by atoms with Crippen LogP contribution in [0.2, 0.25) is 0 Å². The van der Waals surface area contributed by atoms with Gasteiger partial charge in [0.05, 0.1) is 11.8 Å². The Balaban J connectivity index is 1.76. The highest BCUT2D eigenvalue weighted by Crippen LogP contribution is 2.53. The molecule has 18 heavy (non-hydrogen) atoms. The minimum atomic E-state index is -0.176. The largest absolute Gasteiger partial charge is 0.360 e. The van der Waals surface area contributed by atoms with Crippen molar-refractivity contribution in [1.29, 1.82) is 0 Å². The quantitative estimate of drug-likeness (QED) is 0.551. The normalized spacial score (nSPS) is 36.8. The van der Waals surface area contributed by atoms with E-state index in [1.807, 2.05) is 0 Å². The number of carbonyl (C=O) groups excluding carboxylic acids is 2. The maximum Gasteiger partial charge on any atom is 0.239 e. The van der Waals surface area contributed by atoms with Crippen molar-refractivity contribution in [2.24, 2.45) is 23.7 Å². The summed E-state index contributed by atoms with van der Waals surface area (Å²) in [5, 5.41) is 3.79. The number of carbonyl (C=O) groups is 2. The summed E-state index contributed by atoms with van der Waals surface area (Å²) < 4.78 is 4.95. The number of anilines is 1. The third-order valence-corrected chi connectivity index (χ3v) is 4.31. The molecule has 5 nitrogen and oxygen atoms in total. The molecule has 0 radical (unpaired) electrons. The lowest BCUT2D eigenvalue weighted by Crippen LogP contribution is -2.33. The number of fused-ring (bicyclic) bond motifs is 5. The van der Waals surface area contributed by atoms with E-state index in [0.717, 1.165) is 6.42 Å². The predicted molar refractivity (Wildman–Crippen MR) is 61.5 cm³/mol. The standard InChI is InChI=1S/C13H12N2O3/c1-6-4-9(14-18-6)15-12(16)10-7-2-3-8(5-7)11(10)13(15)17/h2-4,7-8,10-11H,5H2,1H3/t7-,8-,10+,11+/m0/s1. The molecule has 0 spiro atoms. The SMILES string of the molecule is Cc1cc(N2C(=O)[C@H]3[C@H](C2=O)[C@H]2C=C[C@H]3C2)no1. The zero-order chi connectivity index (χ0) is 12.4. The van der Waals surface area contributed by atoms with Crippen molar-refractivity contribution < 1.29 is 14.1 Å². The fraction of sp³-hybridized carbons (Fsp3) is 0.462. The van der Waals surface area contributed by atoms with Gasteiger partial charge in [-0.15, -0.1) is 0 Å². The summed E-state index contributed by atoms with van der Waals surface area (Å²) in [5.74, 6) is 0.809. The second-order valence-electron chi connectivity index (χ2n) is 5.31. The number of rotatable bonds is 1. The lowest BCUT2D eigenvalue weighted by atomic mass is 9.85. The molecular formula is C13H12N2O3. The molecule has 0 unspecified atom stereocenters. The van der Waals surface area contributed by atoms with Crippen LogP contribution in [-0.4, -0.2) is 17.0 Å². The van der Waals surface area contributed by atoms with Crippen LogP contribution in [0.25, 0.3) is 0 Å². The molecule has 4 rings (SSSR count). The Hall–Kier alpha value is -1.91. The molecule has 5 heteroatoms. The highest BCUT2D eigenvalue weighted by molar-refractivity contribution is 6.22. The van der Waals surface area contributed by atoms with E-state index in [0.29, 0.717) is 11.6 Å². The molecular weight excluding hydrogens is 232 g/mol. The molecule has 1 saturated carbocycles. The van der Waals surface area contributed by atoms with E-state index in [1.165, 1.54) is 4.90 Å². The molecule has 2 amide bonds. The van der Waals surface area contributed by atoms with E-state index in [2.05, 4.69) is 17.3 Å². The first kappa shape index (κ1) is 10.1. The maximum atomic E-state index is 12.4. The molecule has 2 aliphatic carbocycles. The Labute approximate surface area is 103 Å². The molecule has 4 atom stereocenters. The summed E-state index contributed by atoms with van der Waals surface area (Å²) in [4.78, 5) is 26.0. The molecule has 0 aromatic carbocycles. The Morgan fingerprint density at radius 1 is 1.22 bits per heavy atom. The molecule has 1 saturated heterocycles. The zero-order valence-corrected chi connectivity index (χ0v) is 9.87. The van der Waals surface area contributed by atoms with Crippen molar-refractivity contribution in [2.45, 2.75) is 13.3 Å². The first-order chi connectivity index (χ1) is 8.66. The summed E-state index contributed by atoms with van der Waals surface area (Å²) in [6.07, 6.45) is 5.10. The van der Waals surface area contributed by atoms with Crippen molar-refractivity contribution in [3.63, 3.8) is 0 Å². The second kappa shape index (κ2) is 3.10. The molecule has 0 N–H and O–H groups in total. The molecule has 2 bridgehead atoms. The fourth-order valence-electron chi connectivity index (χ4n) is 3.59. The lowest BCUT2D eigenvalue weighted by molar-refractivity contribution is -0.123. The Morgan fingerprint density at radius 3 is 2.33 bits per heavy atom. The molecule has 1 aliphatic heterocycles. The monoisotopic (exact) mass is 244 g/mol. The summed E-state index contributed by atoms with van der Waals surface area (Å²) in [6.45, 7) is 1.74. The van der Waals surface area contributed by atoms with Crippen LogP contribution in [0.15, 0.2) is 22.7 Å². The van der Waals surface area contributed by atoms with Gasteiger partial charge in [-0.1, -0.05) is 17.3 Å². The predicted octanol–water partition coefficient (Wildman–Crippen LogP) is 1.29. The average Bonchev–Trinajstić information content (AvgIpc) is 3.05. The van der Waals surface area contributed by atoms with E-state index in [9.17, 15) is 9.59 Å². The van der Waals surface area contributed by atoms with Gasteiger partial charge in [0.15, 0.2) is 5.82 Å². The Bertz CT molecular complexity index is 559. The van der Waals surface area contributed by atoms with Gasteiger partial charge in [0.25, 0.3) is 0 Å². The minimum absolute atomic E-state index is 0.116. The third kappa shape index (κ3) is 1.04. The zero-order valence-electron chi connectivity index (χ0n) is 9.87. The minimum Gasteiger partial charge on any atom is -0.360 e. The number of amides is 2. The number of hydrogen-bond acceptors (Lipinski definition) is 4. The van der Waals surface area contributed by atoms with Gasteiger partial charge in [0.2, 0.25) is 11.8 Å². The number of nitrogens with zero attached hydrogens (tertiary/aromatic N) is 2. The number of hydrogen-bond donors (Lipinski definition) is 0. The molecule has 3 aliphatic rings. The van der Waals surface area contributed by atoms with Crippen LogP contribution in [0.3, 0.4) is 0 Å². The fourth-order valence-corrected chi connectivity index (χ4v) is 3.59. The molecule has 2 heterocycles. The average molecular weight is 244 g/mol. The van der Waals surface area contributed by atoms with Crippen molar-refractivity contribution in [1.82, 2.24) is 5.16 Å². The molecule has 92 valence electrons. The molecule has 2 fully saturated rings. The van der Waals surface area contributed by atoms with Crippen molar-refractivity contribution in [3.8, 4) is 0 Å². The van der Waals surface area contributed by atoms with Crippen LogP contribution in [0.1, 0.15) is 12.2 Å². The number of imide groups is 1. The van der Waals surface area contributed by atoms with Crippen LogP contribution in [0.4, 0.5) is 5.82 Å². The number of aromatic nitrogens is 1. The van der Waals surface area contributed by atoms with Crippen LogP contribution in [0, 0.1) is 30.6 Å². The summed E-state index contributed by atoms with van der Waals surface area (Å²) >= 11 is 0. The van der Waals surface area contributed by atoms with Crippen LogP contribution < -0.4 is 4.90 Å². The topological polar surface area (TPSA) is 63.4 Å². The highest BCUT2D eigenvalue weighted by atomic mass is 16.5. The van der Waals surface area contributed by atoms with Crippen LogP contribution >= 0.6 is 0 Å². The third-order valence-electron chi connectivity index (χ3n) is 4.31. The van der Waals surface area contributed by atoms with Crippen molar-refractivity contribution in [3.05, 3.63) is 24.0 Å².